The lowest BCUT2D eigenvalue weighted by molar-refractivity contribution is -0.143. The Morgan fingerprint density at radius 3 is 1.53 bits per heavy atom. The number of aryl methyl sites for hydroxylation is 3. The van der Waals surface area contributed by atoms with E-state index in [-0.39, 0.29) is 40.2 Å². The summed E-state index contributed by atoms with van der Waals surface area (Å²) in [6, 6.07) is 43.4. The van der Waals surface area contributed by atoms with Gasteiger partial charge in [-0.25, -0.2) is 15.0 Å². The van der Waals surface area contributed by atoms with Crippen LogP contribution in [0.3, 0.4) is 0 Å². The van der Waals surface area contributed by atoms with Crippen molar-refractivity contribution < 1.29 is 26.3 Å². The first-order valence-corrected chi connectivity index (χ1v) is 19.2. The Labute approximate surface area is 341 Å². The van der Waals surface area contributed by atoms with Crippen LogP contribution in [0.2, 0.25) is 0 Å². The third-order valence-electron chi connectivity index (χ3n) is 10.7. The number of rotatable bonds is 6. The van der Waals surface area contributed by atoms with Gasteiger partial charge in [0.2, 0.25) is 0 Å². The van der Waals surface area contributed by atoms with E-state index in [9.17, 15) is 26.3 Å². The summed E-state index contributed by atoms with van der Waals surface area (Å²) in [6.07, 6.45) is -10.1. The van der Waals surface area contributed by atoms with E-state index in [4.69, 9.17) is 15.0 Å². The molecule has 9 rings (SSSR count). The van der Waals surface area contributed by atoms with Gasteiger partial charge in [0, 0.05) is 33.2 Å². The molecule has 2 heterocycles. The molecule has 2 aromatic heterocycles. The maximum Gasteiger partial charge on any atom is 0.416 e. The summed E-state index contributed by atoms with van der Waals surface area (Å²) >= 11 is 0. The van der Waals surface area contributed by atoms with E-state index in [1.54, 1.807) is 18.2 Å². The van der Waals surface area contributed by atoms with Crippen LogP contribution < -0.4 is 0 Å². The molecule has 0 amide bonds. The van der Waals surface area contributed by atoms with Gasteiger partial charge in [-0.05, 0) is 103 Å². The monoisotopic (exact) mass is 804 g/mol. The predicted octanol–water partition coefficient (Wildman–Crippen LogP) is 14.3. The fourth-order valence-corrected chi connectivity index (χ4v) is 8.19. The average Bonchev–Trinajstić information content (AvgIpc) is 3.56. The summed E-state index contributed by atoms with van der Waals surface area (Å²) in [5.74, 6) is 0.628. The molecular weight excluding hydrogens is 771 g/mol. The Kier molecular flexibility index (Phi) is 9.38. The highest BCUT2D eigenvalue weighted by Gasteiger charge is 2.37. The van der Waals surface area contributed by atoms with Crippen molar-refractivity contribution in [3.63, 3.8) is 0 Å². The molecule has 0 N–H and O–H groups in total. The Morgan fingerprint density at radius 2 is 0.950 bits per heavy atom. The second-order valence-electron chi connectivity index (χ2n) is 14.9. The van der Waals surface area contributed by atoms with Gasteiger partial charge in [-0.3, -0.25) is 0 Å². The van der Waals surface area contributed by atoms with E-state index >= 15 is 0 Å². The van der Waals surface area contributed by atoms with E-state index in [1.165, 1.54) is 5.56 Å². The molecule has 0 aliphatic rings. The van der Waals surface area contributed by atoms with Crippen molar-refractivity contribution in [2.45, 2.75) is 33.1 Å². The van der Waals surface area contributed by atoms with Gasteiger partial charge in [0.15, 0.2) is 17.5 Å². The minimum absolute atomic E-state index is 0.0684. The number of alkyl halides is 6. The minimum atomic E-state index is -5.05. The van der Waals surface area contributed by atoms with Crippen molar-refractivity contribution in [2.75, 3.05) is 0 Å². The molecule has 296 valence electrons. The summed E-state index contributed by atoms with van der Waals surface area (Å²) in [5, 5.41) is 1.94. The molecule has 4 nitrogen and oxygen atoms in total. The van der Waals surface area contributed by atoms with E-state index in [1.807, 2.05) is 95.6 Å². The van der Waals surface area contributed by atoms with Crippen LogP contribution in [-0.2, 0) is 12.4 Å². The Morgan fingerprint density at radius 1 is 0.417 bits per heavy atom. The van der Waals surface area contributed by atoms with Gasteiger partial charge >= 0.3 is 12.4 Å². The number of benzene rings is 7. The molecule has 0 bridgehead atoms. The van der Waals surface area contributed by atoms with Crippen molar-refractivity contribution in [1.29, 1.82) is 0 Å². The van der Waals surface area contributed by atoms with Crippen LogP contribution >= 0.6 is 0 Å². The summed E-state index contributed by atoms with van der Waals surface area (Å²) in [5.41, 5.74) is 6.41. The molecule has 0 aliphatic carbocycles. The minimum Gasteiger partial charge on any atom is -0.309 e. The lowest BCUT2D eigenvalue weighted by Gasteiger charge is -2.18. The van der Waals surface area contributed by atoms with Crippen molar-refractivity contribution >= 4 is 21.8 Å². The second-order valence-corrected chi connectivity index (χ2v) is 14.9. The zero-order valence-corrected chi connectivity index (χ0v) is 32.5. The predicted molar refractivity (Wildman–Crippen MR) is 226 cm³/mol. The summed E-state index contributed by atoms with van der Waals surface area (Å²) in [6.45, 7) is 6.27. The molecule has 0 radical (unpaired) electrons. The number of halogens is 6. The Bertz CT molecular complexity index is 2980. The molecule has 0 saturated carbocycles. The van der Waals surface area contributed by atoms with Crippen LogP contribution in [0.25, 0.3) is 83.9 Å². The van der Waals surface area contributed by atoms with Gasteiger partial charge < -0.3 is 4.57 Å². The molecule has 60 heavy (non-hydrogen) atoms. The first-order valence-electron chi connectivity index (χ1n) is 19.2. The van der Waals surface area contributed by atoms with Crippen LogP contribution in [0, 0.1) is 20.8 Å². The third kappa shape index (κ3) is 7.08. The first kappa shape index (κ1) is 38.4. The molecule has 7 aromatic carbocycles. The average molecular weight is 805 g/mol. The highest BCUT2D eigenvalue weighted by molar-refractivity contribution is 6.10. The lowest BCUT2D eigenvalue weighted by Crippen LogP contribution is -2.11. The van der Waals surface area contributed by atoms with Gasteiger partial charge in [-0.2, -0.15) is 26.3 Å². The largest absolute Gasteiger partial charge is 0.416 e. The first-order chi connectivity index (χ1) is 28.7. The fourth-order valence-electron chi connectivity index (χ4n) is 8.19. The van der Waals surface area contributed by atoms with Crippen LogP contribution in [0.1, 0.15) is 27.8 Å². The number of fused-ring (bicyclic) bond motifs is 3. The topological polar surface area (TPSA) is 43.6 Å². The van der Waals surface area contributed by atoms with Gasteiger partial charge in [0.25, 0.3) is 0 Å². The highest BCUT2D eigenvalue weighted by atomic mass is 19.4. The normalized spacial score (nSPS) is 12.1. The second kappa shape index (κ2) is 14.6. The number of hydrogen-bond acceptors (Lipinski definition) is 3. The van der Waals surface area contributed by atoms with Crippen molar-refractivity contribution in [3.05, 3.63) is 179 Å². The van der Waals surface area contributed by atoms with Crippen LogP contribution in [-0.4, -0.2) is 19.5 Å². The lowest BCUT2D eigenvalue weighted by atomic mass is 9.93. The van der Waals surface area contributed by atoms with Gasteiger partial charge in [-0.15, -0.1) is 0 Å². The summed E-state index contributed by atoms with van der Waals surface area (Å²) in [4.78, 5) is 14.5. The smallest absolute Gasteiger partial charge is 0.309 e. The number of nitrogens with zero attached hydrogens (tertiary/aromatic N) is 4. The SMILES string of the molecule is Cc1cc(C)c(-c2ccc3c(c2)c2ccccc2n3-c2ccc(-c3cc(C(F)(F)F)cc(C(F)(F)F)c3)c(-c3nc(-c4ccccc4)nc(-c4ccccc4)n3)c2)c(C)c1. The number of aromatic nitrogens is 4. The molecule has 0 fully saturated rings. The van der Waals surface area contributed by atoms with Crippen LogP contribution in [0.5, 0.6) is 0 Å². The van der Waals surface area contributed by atoms with Crippen molar-refractivity contribution in [1.82, 2.24) is 19.5 Å². The molecule has 0 atom stereocenters. The molecule has 0 unspecified atom stereocenters. The standard InChI is InChI=1S/C50H34F6N4/c1-29-22-30(2)45(31(3)23-29)34-18-21-44-41(26-34)40-16-10-11-17-43(40)60(44)38-19-20-39(35-24-36(49(51,52)53)27-37(25-35)50(54,55)56)42(28-38)48-58-46(32-12-6-4-7-13-32)57-47(59-48)33-14-8-5-9-15-33/h4-28H,1-3H3. The van der Waals surface area contributed by atoms with Gasteiger partial charge in [0.1, 0.15) is 0 Å². The number of para-hydroxylation sites is 1. The van der Waals surface area contributed by atoms with Crippen molar-refractivity contribution in [3.8, 4) is 62.1 Å². The fraction of sp³-hybridized carbons (Fsp3) is 0.100. The maximum atomic E-state index is 14.3. The van der Waals surface area contributed by atoms with E-state index in [0.717, 1.165) is 56.2 Å². The zero-order valence-electron chi connectivity index (χ0n) is 32.5. The Hall–Kier alpha value is -7.07. The molecular formula is C50H34F6N4. The van der Waals surface area contributed by atoms with E-state index in [2.05, 4.69) is 45.0 Å². The quantitative estimate of drug-likeness (QED) is 0.157. The van der Waals surface area contributed by atoms with Crippen LogP contribution in [0.4, 0.5) is 26.3 Å². The number of hydrogen-bond donors (Lipinski definition) is 0. The zero-order chi connectivity index (χ0) is 41.9. The molecule has 0 aliphatic heterocycles. The third-order valence-corrected chi connectivity index (χ3v) is 10.7. The summed E-state index contributed by atoms with van der Waals surface area (Å²) < 4.78 is 87.8. The van der Waals surface area contributed by atoms with Gasteiger partial charge in [-0.1, -0.05) is 109 Å². The molecule has 10 heteroatoms. The van der Waals surface area contributed by atoms with E-state index < -0.39 is 23.5 Å². The molecule has 9 aromatic rings. The van der Waals surface area contributed by atoms with Crippen LogP contribution in [0.15, 0.2) is 152 Å². The molecule has 0 spiro atoms. The highest BCUT2D eigenvalue weighted by Crippen LogP contribution is 2.43. The van der Waals surface area contributed by atoms with E-state index in [0.29, 0.717) is 16.8 Å². The summed E-state index contributed by atoms with van der Waals surface area (Å²) in [7, 11) is 0. The molecule has 0 saturated heterocycles. The maximum absolute atomic E-state index is 14.3. The van der Waals surface area contributed by atoms with Gasteiger partial charge in [0.05, 0.1) is 22.2 Å². The Balaban J connectivity index is 1.34. The van der Waals surface area contributed by atoms with Crippen molar-refractivity contribution in [2.24, 2.45) is 0 Å².